The number of nitrogens with zero attached hydrogens (tertiary/aromatic N) is 4. The van der Waals surface area contributed by atoms with Crippen LogP contribution < -0.4 is 9.47 Å². The predicted octanol–water partition coefficient (Wildman–Crippen LogP) is 5.04. The Bertz CT molecular complexity index is 1660. The van der Waals surface area contributed by atoms with Crippen molar-refractivity contribution in [2.45, 2.75) is 45.4 Å². The van der Waals surface area contributed by atoms with Gasteiger partial charge in [0, 0.05) is 30.6 Å². The highest BCUT2D eigenvalue weighted by Gasteiger charge is 2.33. The van der Waals surface area contributed by atoms with Crippen LogP contribution in [0.1, 0.15) is 46.5 Å². The Balaban J connectivity index is 1.22. The number of benzene rings is 2. The first-order chi connectivity index (χ1) is 21.2. The monoisotopic (exact) mass is 598 g/mol. The summed E-state index contributed by atoms with van der Waals surface area (Å²) in [6, 6.07) is 18.1. The van der Waals surface area contributed by atoms with Gasteiger partial charge in [0.2, 0.25) is 5.88 Å². The molecule has 1 atom stereocenters. The van der Waals surface area contributed by atoms with E-state index in [1.54, 1.807) is 6.07 Å². The van der Waals surface area contributed by atoms with E-state index in [4.69, 9.17) is 23.9 Å². The van der Waals surface area contributed by atoms with Gasteiger partial charge in [-0.05, 0) is 47.4 Å². The fourth-order valence-electron chi connectivity index (χ4n) is 6.22. The number of methoxy groups -OCH3 is 1. The number of carbonyl (C=O) groups is 1. The van der Waals surface area contributed by atoms with Crippen LogP contribution >= 0.6 is 0 Å². The molecule has 1 unspecified atom stereocenters. The average Bonchev–Trinajstić information content (AvgIpc) is 3.46. The molecule has 2 aliphatic heterocycles. The number of carboxylic acids is 1. The van der Waals surface area contributed by atoms with Gasteiger partial charge in [0.15, 0.2) is 5.82 Å². The maximum Gasteiger partial charge on any atom is 0.342 e. The number of hydrogen-bond acceptors (Lipinski definition) is 8. The van der Waals surface area contributed by atoms with Crippen molar-refractivity contribution >= 4 is 5.97 Å². The van der Waals surface area contributed by atoms with Crippen LogP contribution in [0.25, 0.3) is 17.1 Å². The summed E-state index contributed by atoms with van der Waals surface area (Å²) in [5.41, 5.74) is 6.23. The van der Waals surface area contributed by atoms with E-state index in [0.29, 0.717) is 37.9 Å². The molecule has 2 aliphatic rings. The quantitative estimate of drug-likeness (QED) is 0.284. The van der Waals surface area contributed by atoms with E-state index < -0.39 is 5.97 Å². The minimum absolute atomic E-state index is 0.0225. The third kappa shape index (κ3) is 6.06. The maximum atomic E-state index is 11.6. The normalized spacial score (nSPS) is 18.0. The number of aryl methyl sites for hydroxylation is 1. The zero-order valence-corrected chi connectivity index (χ0v) is 25.6. The summed E-state index contributed by atoms with van der Waals surface area (Å²) >= 11 is 0. The van der Waals surface area contributed by atoms with Crippen molar-refractivity contribution in [3.8, 4) is 28.7 Å². The molecule has 4 aromatic rings. The van der Waals surface area contributed by atoms with Crippen molar-refractivity contribution in [1.82, 2.24) is 19.7 Å². The van der Waals surface area contributed by atoms with Gasteiger partial charge in [-0.3, -0.25) is 4.90 Å². The van der Waals surface area contributed by atoms with Crippen LogP contribution in [-0.2, 0) is 28.0 Å². The standard InChI is InChI=1S/C34H38N4O6/c1-22-7-5-8-26(29-9-6-10-30(36-29)38-32(41-4)27(16-35-38)33(39)40)31(22)44-19-23-11-12-24-17-37(18-25-20-42-13-14-43-25)21-34(2,3)28(24)15-23/h5-12,15-16,25H,13-14,17-21H2,1-4H3,(H,39,40). The van der Waals surface area contributed by atoms with Gasteiger partial charge in [0.25, 0.3) is 0 Å². The lowest BCUT2D eigenvalue weighted by Crippen LogP contribution is -2.47. The van der Waals surface area contributed by atoms with Crippen LogP contribution in [0.4, 0.5) is 0 Å². The number of carboxylic acid groups (broad SMARTS) is 1. The summed E-state index contributed by atoms with van der Waals surface area (Å²) in [4.78, 5) is 18.9. The Hall–Kier alpha value is -4.25. The third-order valence-electron chi connectivity index (χ3n) is 8.23. The molecule has 1 fully saturated rings. The zero-order valence-electron chi connectivity index (χ0n) is 25.6. The molecule has 6 rings (SSSR count). The molecule has 230 valence electrons. The minimum atomic E-state index is -1.12. The van der Waals surface area contributed by atoms with Crippen LogP contribution in [0, 0.1) is 6.92 Å². The van der Waals surface area contributed by atoms with Crippen LogP contribution in [0.15, 0.2) is 60.8 Å². The molecule has 1 saturated heterocycles. The third-order valence-corrected chi connectivity index (χ3v) is 8.23. The van der Waals surface area contributed by atoms with E-state index in [1.165, 1.54) is 29.1 Å². The van der Waals surface area contributed by atoms with E-state index in [0.717, 1.165) is 42.1 Å². The number of hydrogen-bond donors (Lipinski definition) is 1. The van der Waals surface area contributed by atoms with Gasteiger partial charge in [-0.15, -0.1) is 0 Å². The number of pyridine rings is 1. The lowest BCUT2D eigenvalue weighted by atomic mass is 9.77. The summed E-state index contributed by atoms with van der Waals surface area (Å²) in [7, 11) is 1.41. The molecule has 2 aromatic carbocycles. The molecular weight excluding hydrogens is 560 g/mol. The van der Waals surface area contributed by atoms with Crippen molar-refractivity contribution in [1.29, 1.82) is 0 Å². The van der Waals surface area contributed by atoms with Crippen LogP contribution in [0.3, 0.4) is 0 Å². The lowest BCUT2D eigenvalue weighted by molar-refractivity contribution is -0.0999. The van der Waals surface area contributed by atoms with Gasteiger partial charge in [-0.2, -0.15) is 9.78 Å². The summed E-state index contributed by atoms with van der Waals surface area (Å²) < 4.78 is 24.8. The molecular formula is C34H38N4O6. The minimum Gasteiger partial charge on any atom is -0.488 e. The van der Waals surface area contributed by atoms with E-state index in [2.05, 4.69) is 42.0 Å². The van der Waals surface area contributed by atoms with Crippen molar-refractivity contribution in [3.05, 3.63) is 88.6 Å². The molecule has 10 heteroatoms. The first-order valence-corrected chi connectivity index (χ1v) is 14.8. The molecule has 0 radical (unpaired) electrons. The highest BCUT2D eigenvalue weighted by atomic mass is 16.6. The number of aromatic nitrogens is 3. The van der Waals surface area contributed by atoms with Crippen molar-refractivity contribution in [2.24, 2.45) is 0 Å². The Morgan fingerprint density at radius 2 is 1.98 bits per heavy atom. The zero-order chi connectivity index (χ0) is 30.8. The molecule has 0 saturated carbocycles. The number of aromatic carboxylic acids is 1. The van der Waals surface area contributed by atoms with Crippen molar-refractivity contribution < 1.29 is 28.8 Å². The van der Waals surface area contributed by atoms with E-state index in [9.17, 15) is 9.90 Å². The van der Waals surface area contributed by atoms with Gasteiger partial charge in [-0.1, -0.05) is 50.2 Å². The number of para-hydroxylation sites is 1. The lowest BCUT2D eigenvalue weighted by Gasteiger charge is -2.41. The molecule has 0 bridgehead atoms. The van der Waals surface area contributed by atoms with Gasteiger partial charge >= 0.3 is 5.97 Å². The SMILES string of the molecule is COc1c(C(=O)O)cnn1-c1cccc(-c2cccc(C)c2OCc2ccc3c(c2)C(C)(C)CN(CC2COCCO2)C3)n1. The molecule has 2 aromatic heterocycles. The highest BCUT2D eigenvalue weighted by Crippen LogP contribution is 2.36. The predicted molar refractivity (Wildman–Crippen MR) is 165 cm³/mol. The Kier molecular flexibility index (Phi) is 8.40. The van der Waals surface area contributed by atoms with Crippen molar-refractivity contribution in [3.63, 3.8) is 0 Å². The molecule has 4 heterocycles. The second-order valence-corrected chi connectivity index (χ2v) is 12.0. The molecule has 0 amide bonds. The van der Waals surface area contributed by atoms with Crippen LogP contribution in [-0.4, -0.2) is 76.9 Å². The summed E-state index contributed by atoms with van der Waals surface area (Å²) in [5, 5.41) is 13.7. The molecule has 0 aliphatic carbocycles. The fourth-order valence-corrected chi connectivity index (χ4v) is 6.22. The summed E-state index contributed by atoms with van der Waals surface area (Å²) in [6.07, 6.45) is 1.38. The van der Waals surface area contributed by atoms with Crippen molar-refractivity contribution in [2.75, 3.05) is 40.0 Å². The molecule has 44 heavy (non-hydrogen) atoms. The molecule has 0 spiro atoms. The molecule has 10 nitrogen and oxygen atoms in total. The first kappa shape index (κ1) is 29.8. The Morgan fingerprint density at radius 1 is 1.14 bits per heavy atom. The van der Waals surface area contributed by atoms with Crippen LogP contribution in [0.2, 0.25) is 0 Å². The van der Waals surface area contributed by atoms with Gasteiger partial charge < -0.3 is 24.1 Å². The fraction of sp³-hybridized carbons (Fsp3) is 0.382. The summed E-state index contributed by atoms with van der Waals surface area (Å²) in [6.45, 7) is 11.7. The Labute approximate surface area is 257 Å². The molecule has 1 N–H and O–H groups in total. The smallest absolute Gasteiger partial charge is 0.342 e. The average molecular weight is 599 g/mol. The number of ether oxygens (including phenoxy) is 4. The van der Waals surface area contributed by atoms with Gasteiger partial charge in [0.05, 0.1) is 44.9 Å². The van der Waals surface area contributed by atoms with E-state index in [1.807, 2.05) is 37.3 Å². The maximum absolute atomic E-state index is 11.6. The van der Waals surface area contributed by atoms with E-state index in [-0.39, 0.29) is 23.0 Å². The van der Waals surface area contributed by atoms with Gasteiger partial charge in [-0.25, -0.2) is 9.78 Å². The van der Waals surface area contributed by atoms with E-state index >= 15 is 0 Å². The van der Waals surface area contributed by atoms with Crippen LogP contribution in [0.5, 0.6) is 11.6 Å². The Morgan fingerprint density at radius 3 is 2.75 bits per heavy atom. The van der Waals surface area contributed by atoms with Gasteiger partial charge in [0.1, 0.15) is 17.9 Å². The largest absolute Gasteiger partial charge is 0.488 e. The first-order valence-electron chi connectivity index (χ1n) is 14.8. The topological polar surface area (TPSA) is 108 Å². The second-order valence-electron chi connectivity index (χ2n) is 12.0. The number of fused-ring (bicyclic) bond motifs is 1. The highest BCUT2D eigenvalue weighted by molar-refractivity contribution is 5.90. The number of rotatable bonds is 9. The summed E-state index contributed by atoms with van der Waals surface area (Å²) in [5.74, 6) is 0.171. The second kappa shape index (κ2) is 12.4.